The van der Waals surface area contributed by atoms with Crippen molar-refractivity contribution < 1.29 is 9.47 Å². The third-order valence-electron chi connectivity index (χ3n) is 3.31. The molecule has 0 unspecified atom stereocenters. The van der Waals surface area contributed by atoms with Gasteiger partial charge in [-0.3, -0.25) is 0 Å². The van der Waals surface area contributed by atoms with Crippen LogP contribution >= 0.6 is 11.6 Å². The molecule has 0 amide bonds. The summed E-state index contributed by atoms with van der Waals surface area (Å²) in [6.45, 7) is 2.56. The first-order valence-corrected chi connectivity index (χ1v) is 7.32. The molecule has 0 N–H and O–H groups in total. The number of rotatable bonds is 4. The highest BCUT2D eigenvalue weighted by Gasteiger charge is 2.06. The van der Waals surface area contributed by atoms with Gasteiger partial charge in [-0.1, -0.05) is 6.07 Å². The number of methoxy groups -OCH3 is 1. The van der Waals surface area contributed by atoms with E-state index in [0.717, 1.165) is 33.5 Å². The van der Waals surface area contributed by atoms with Gasteiger partial charge in [0.25, 0.3) is 0 Å². The maximum absolute atomic E-state index is 5.82. The topological polar surface area (TPSA) is 44.2 Å². The van der Waals surface area contributed by atoms with Crippen LogP contribution in [0.2, 0.25) is 5.28 Å². The molecule has 0 atom stereocenters. The van der Waals surface area contributed by atoms with E-state index in [0.29, 0.717) is 6.61 Å². The summed E-state index contributed by atoms with van der Waals surface area (Å²) < 4.78 is 10.9. The summed E-state index contributed by atoms with van der Waals surface area (Å²) in [5.41, 5.74) is 2.87. The second-order valence-electron chi connectivity index (χ2n) is 4.74. The molecule has 1 heterocycles. The maximum Gasteiger partial charge on any atom is 0.222 e. The molecule has 0 aliphatic rings. The van der Waals surface area contributed by atoms with Crippen LogP contribution in [0.15, 0.2) is 42.6 Å². The number of aromatic nitrogens is 2. The van der Waals surface area contributed by atoms with Gasteiger partial charge < -0.3 is 9.47 Å². The van der Waals surface area contributed by atoms with Gasteiger partial charge in [-0.15, -0.1) is 0 Å². The van der Waals surface area contributed by atoms with Gasteiger partial charge >= 0.3 is 0 Å². The van der Waals surface area contributed by atoms with Gasteiger partial charge in [-0.05, 0) is 53.9 Å². The van der Waals surface area contributed by atoms with E-state index in [2.05, 4.69) is 9.97 Å². The van der Waals surface area contributed by atoms with E-state index in [1.54, 1.807) is 13.3 Å². The van der Waals surface area contributed by atoms with Gasteiger partial charge in [0.05, 0.1) is 19.2 Å². The Balaban J connectivity index is 2.09. The minimum Gasteiger partial charge on any atom is -0.497 e. The summed E-state index contributed by atoms with van der Waals surface area (Å²) in [4.78, 5) is 8.22. The molecule has 0 bridgehead atoms. The van der Waals surface area contributed by atoms with Gasteiger partial charge in [-0.2, -0.15) is 0 Å². The number of benzene rings is 2. The van der Waals surface area contributed by atoms with Crippen LogP contribution in [0.4, 0.5) is 0 Å². The molecule has 1 aromatic heterocycles. The van der Waals surface area contributed by atoms with Crippen LogP contribution in [0.3, 0.4) is 0 Å². The molecular formula is C17H15ClN2O2. The summed E-state index contributed by atoms with van der Waals surface area (Å²) >= 11 is 5.82. The molecule has 0 fully saturated rings. The van der Waals surface area contributed by atoms with E-state index in [1.165, 1.54) is 0 Å². The summed E-state index contributed by atoms with van der Waals surface area (Å²) in [6, 6.07) is 11.8. The Labute approximate surface area is 133 Å². The Kier molecular flexibility index (Phi) is 4.11. The summed E-state index contributed by atoms with van der Waals surface area (Å²) in [7, 11) is 1.64. The standard InChI is InChI=1S/C17H15ClN2O2/c1-3-22-15-8-12(7-14(9-15)21-2)11-4-5-16-13(6-11)10-19-17(18)20-16/h4-10H,3H2,1-2H3. The van der Waals surface area contributed by atoms with Gasteiger partial charge in [0, 0.05) is 17.6 Å². The van der Waals surface area contributed by atoms with Crippen molar-refractivity contribution in [1.82, 2.24) is 9.97 Å². The number of nitrogens with zero attached hydrogens (tertiary/aromatic N) is 2. The van der Waals surface area contributed by atoms with Crippen LogP contribution in [0.5, 0.6) is 11.5 Å². The van der Waals surface area contributed by atoms with Gasteiger partial charge in [0.1, 0.15) is 11.5 Å². The highest BCUT2D eigenvalue weighted by molar-refractivity contribution is 6.28. The number of hydrogen-bond donors (Lipinski definition) is 0. The van der Waals surface area contributed by atoms with E-state index in [4.69, 9.17) is 21.1 Å². The van der Waals surface area contributed by atoms with Crippen molar-refractivity contribution >= 4 is 22.5 Å². The monoisotopic (exact) mass is 314 g/mol. The number of halogens is 1. The van der Waals surface area contributed by atoms with E-state index >= 15 is 0 Å². The van der Waals surface area contributed by atoms with E-state index in [9.17, 15) is 0 Å². The molecular weight excluding hydrogens is 300 g/mol. The van der Waals surface area contributed by atoms with Crippen LogP contribution in [0, 0.1) is 0 Å². The average molecular weight is 315 g/mol. The predicted octanol–water partition coefficient (Wildman–Crippen LogP) is 4.36. The average Bonchev–Trinajstić information content (AvgIpc) is 2.54. The number of ether oxygens (including phenoxy) is 2. The maximum atomic E-state index is 5.82. The number of hydrogen-bond acceptors (Lipinski definition) is 4. The Morgan fingerprint density at radius 3 is 2.64 bits per heavy atom. The molecule has 4 nitrogen and oxygen atoms in total. The zero-order valence-corrected chi connectivity index (χ0v) is 13.1. The second kappa shape index (κ2) is 6.20. The highest BCUT2D eigenvalue weighted by Crippen LogP contribution is 2.31. The molecule has 3 rings (SSSR count). The molecule has 3 aromatic rings. The normalized spacial score (nSPS) is 10.7. The lowest BCUT2D eigenvalue weighted by Gasteiger charge is -2.10. The molecule has 0 radical (unpaired) electrons. The first-order chi connectivity index (χ1) is 10.7. The fraction of sp³-hybridized carbons (Fsp3) is 0.176. The predicted molar refractivity (Wildman–Crippen MR) is 87.7 cm³/mol. The Morgan fingerprint density at radius 1 is 1.05 bits per heavy atom. The Morgan fingerprint density at radius 2 is 1.86 bits per heavy atom. The van der Waals surface area contributed by atoms with Gasteiger partial charge in [0.15, 0.2) is 0 Å². The van der Waals surface area contributed by atoms with E-state index in [1.807, 2.05) is 43.3 Å². The molecule has 2 aromatic carbocycles. The largest absolute Gasteiger partial charge is 0.497 e. The van der Waals surface area contributed by atoms with Crippen molar-refractivity contribution in [2.75, 3.05) is 13.7 Å². The van der Waals surface area contributed by atoms with Crippen LogP contribution in [-0.2, 0) is 0 Å². The molecule has 22 heavy (non-hydrogen) atoms. The minimum absolute atomic E-state index is 0.250. The van der Waals surface area contributed by atoms with Crippen LogP contribution < -0.4 is 9.47 Å². The second-order valence-corrected chi connectivity index (χ2v) is 5.08. The first kappa shape index (κ1) is 14.6. The Bertz CT molecular complexity index is 821. The Hall–Kier alpha value is -2.33. The SMILES string of the molecule is CCOc1cc(OC)cc(-c2ccc3nc(Cl)ncc3c2)c1. The minimum atomic E-state index is 0.250. The summed E-state index contributed by atoms with van der Waals surface area (Å²) in [5, 5.41) is 1.18. The van der Waals surface area contributed by atoms with Crippen molar-refractivity contribution in [3.63, 3.8) is 0 Å². The quantitative estimate of drug-likeness (QED) is 0.671. The zero-order chi connectivity index (χ0) is 15.5. The van der Waals surface area contributed by atoms with Crippen molar-refractivity contribution in [3.05, 3.63) is 47.9 Å². The lowest BCUT2D eigenvalue weighted by Crippen LogP contribution is -1.93. The molecule has 5 heteroatoms. The summed E-state index contributed by atoms with van der Waals surface area (Å²) in [5.74, 6) is 1.54. The first-order valence-electron chi connectivity index (χ1n) is 6.94. The van der Waals surface area contributed by atoms with Gasteiger partial charge in [-0.25, -0.2) is 9.97 Å². The molecule has 112 valence electrons. The third kappa shape index (κ3) is 2.97. The molecule has 0 saturated heterocycles. The van der Waals surface area contributed by atoms with Crippen molar-refractivity contribution in [1.29, 1.82) is 0 Å². The lowest BCUT2D eigenvalue weighted by atomic mass is 10.0. The van der Waals surface area contributed by atoms with Crippen molar-refractivity contribution in [2.45, 2.75) is 6.92 Å². The van der Waals surface area contributed by atoms with Crippen molar-refractivity contribution in [3.8, 4) is 22.6 Å². The van der Waals surface area contributed by atoms with E-state index in [-0.39, 0.29) is 5.28 Å². The molecule has 0 spiro atoms. The molecule has 0 aliphatic carbocycles. The zero-order valence-electron chi connectivity index (χ0n) is 12.3. The number of fused-ring (bicyclic) bond motifs is 1. The molecule has 0 saturated carbocycles. The molecule has 0 aliphatic heterocycles. The lowest BCUT2D eigenvalue weighted by molar-refractivity contribution is 0.336. The van der Waals surface area contributed by atoms with E-state index < -0.39 is 0 Å². The van der Waals surface area contributed by atoms with Crippen LogP contribution in [0.25, 0.3) is 22.0 Å². The third-order valence-corrected chi connectivity index (χ3v) is 3.49. The van der Waals surface area contributed by atoms with Gasteiger partial charge in [0.2, 0.25) is 5.28 Å². The van der Waals surface area contributed by atoms with Crippen LogP contribution in [0.1, 0.15) is 6.92 Å². The van der Waals surface area contributed by atoms with Crippen molar-refractivity contribution in [2.24, 2.45) is 0 Å². The van der Waals surface area contributed by atoms with Crippen LogP contribution in [-0.4, -0.2) is 23.7 Å². The fourth-order valence-electron chi connectivity index (χ4n) is 2.30. The smallest absolute Gasteiger partial charge is 0.222 e. The summed E-state index contributed by atoms with van der Waals surface area (Å²) in [6.07, 6.45) is 1.72. The highest BCUT2D eigenvalue weighted by atomic mass is 35.5. The fourth-order valence-corrected chi connectivity index (χ4v) is 2.44.